The Bertz CT molecular complexity index is 237. The first-order valence-electron chi connectivity index (χ1n) is 6.00. The third-order valence-corrected chi connectivity index (χ3v) is 4.70. The first-order valence-corrected chi connectivity index (χ1v) is 6.00. The van der Waals surface area contributed by atoms with E-state index in [1.807, 2.05) is 7.05 Å². The van der Waals surface area contributed by atoms with Gasteiger partial charge >= 0.3 is 0 Å². The van der Waals surface area contributed by atoms with E-state index in [0.717, 1.165) is 37.6 Å². The van der Waals surface area contributed by atoms with Crippen molar-refractivity contribution in [3.63, 3.8) is 0 Å². The fraction of sp³-hybridized carbons (Fsp3) is 1.00. The average molecular weight is 195 g/mol. The van der Waals surface area contributed by atoms with E-state index < -0.39 is 0 Å². The van der Waals surface area contributed by atoms with E-state index in [-0.39, 0.29) is 5.60 Å². The molecule has 4 rings (SSSR count). The largest absolute Gasteiger partial charge is 0.390 e. The molecule has 2 N–H and O–H groups in total. The van der Waals surface area contributed by atoms with Crippen molar-refractivity contribution in [3.8, 4) is 0 Å². The average Bonchev–Trinajstić information content (AvgIpc) is 1.97. The topological polar surface area (TPSA) is 32.3 Å². The van der Waals surface area contributed by atoms with Crippen LogP contribution in [0, 0.1) is 17.3 Å². The number of nitrogens with one attached hydrogen (secondary N) is 1. The normalized spacial score (nSPS) is 55.3. The molecule has 14 heavy (non-hydrogen) atoms. The summed E-state index contributed by atoms with van der Waals surface area (Å²) in [6.07, 6.45) is 7.38. The molecule has 4 saturated carbocycles. The van der Waals surface area contributed by atoms with Crippen molar-refractivity contribution in [3.05, 3.63) is 0 Å². The summed E-state index contributed by atoms with van der Waals surface area (Å²) >= 11 is 0. The van der Waals surface area contributed by atoms with Crippen molar-refractivity contribution in [1.82, 2.24) is 5.32 Å². The maximum Gasteiger partial charge on any atom is 0.0658 e. The summed E-state index contributed by atoms with van der Waals surface area (Å²) in [4.78, 5) is 0. The Morgan fingerprint density at radius 1 is 1.21 bits per heavy atom. The summed E-state index contributed by atoms with van der Waals surface area (Å²) in [5.74, 6) is 1.66. The second-order valence-corrected chi connectivity index (χ2v) is 6.22. The van der Waals surface area contributed by atoms with Gasteiger partial charge in [-0.25, -0.2) is 0 Å². The summed E-state index contributed by atoms with van der Waals surface area (Å²) in [6, 6.07) is 0. The molecule has 0 aromatic heterocycles. The minimum Gasteiger partial charge on any atom is -0.390 e. The van der Waals surface area contributed by atoms with Gasteiger partial charge < -0.3 is 10.4 Å². The predicted octanol–water partition coefficient (Wildman–Crippen LogP) is 1.54. The minimum atomic E-state index is -0.277. The molecule has 0 aliphatic heterocycles. The van der Waals surface area contributed by atoms with E-state index in [9.17, 15) is 5.11 Å². The number of rotatable bonds is 2. The molecule has 4 aliphatic rings. The van der Waals surface area contributed by atoms with Crippen LogP contribution in [-0.2, 0) is 0 Å². The summed E-state index contributed by atoms with van der Waals surface area (Å²) in [7, 11) is 2.04. The van der Waals surface area contributed by atoms with Crippen LogP contribution in [0.5, 0.6) is 0 Å². The Hall–Kier alpha value is -0.0800. The Morgan fingerprint density at radius 3 is 2.36 bits per heavy atom. The second kappa shape index (κ2) is 2.73. The predicted molar refractivity (Wildman–Crippen MR) is 56.0 cm³/mol. The molecule has 4 aliphatic carbocycles. The van der Waals surface area contributed by atoms with Gasteiger partial charge in [-0.1, -0.05) is 0 Å². The van der Waals surface area contributed by atoms with Gasteiger partial charge in [-0.3, -0.25) is 0 Å². The van der Waals surface area contributed by atoms with E-state index in [1.165, 1.54) is 19.3 Å². The standard InChI is InChI=1S/C12H21NO/c1-13-8-11-3-9-2-10(4-11)6-12(14,5-9)7-11/h9-10,13-14H,2-8H2,1H3/t9-,10+,11?,12?. The maximum atomic E-state index is 10.5. The van der Waals surface area contributed by atoms with Crippen molar-refractivity contribution < 1.29 is 5.11 Å². The molecule has 4 fully saturated rings. The monoisotopic (exact) mass is 195 g/mol. The second-order valence-electron chi connectivity index (χ2n) is 6.22. The van der Waals surface area contributed by atoms with E-state index >= 15 is 0 Å². The zero-order valence-corrected chi connectivity index (χ0v) is 9.05. The fourth-order valence-electron chi connectivity index (χ4n) is 4.98. The molecule has 0 amide bonds. The minimum absolute atomic E-state index is 0.277. The molecule has 2 heteroatoms. The third kappa shape index (κ3) is 1.24. The van der Waals surface area contributed by atoms with E-state index in [1.54, 1.807) is 0 Å². The molecule has 2 nitrogen and oxygen atoms in total. The highest BCUT2D eigenvalue weighted by molar-refractivity contribution is 5.08. The molecular formula is C12H21NO. The Kier molecular flexibility index (Phi) is 1.79. The molecular weight excluding hydrogens is 174 g/mol. The molecule has 80 valence electrons. The quantitative estimate of drug-likeness (QED) is 0.700. The molecule has 0 radical (unpaired) electrons. The highest BCUT2D eigenvalue weighted by Crippen LogP contribution is 2.61. The number of hydrogen-bond acceptors (Lipinski definition) is 2. The van der Waals surface area contributed by atoms with Crippen molar-refractivity contribution >= 4 is 0 Å². The number of hydrogen-bond donors (Lipinski definition) is 2. The smallest absolute Gasteiger partial charge is 0.0658 e. The lowest BCUT2D eigenvalue weighted by molar-refractivity contribution is -0.161. The van der Waals surface area contributed by atoms with Crippen LogP contribution in [0.1, 0.15) is 38.5 Å². The molecule has 2 unspecified atom stereocenters. The molecule has 0 aromatic rings. The van der Waals surface area contributed by atoms with Crippen LogP contribution < -0.4 is 5.32 Å². The molecule has 0 saturated heterocycles. The van der Waals surface area contributed by atoms with Gasteiger partial charge in [0.2, 0.25) is 0 Å². The molecule has 0 spiro atoms. The number of aliphatic hydroxyl groups is 1. The fourth-order valence-corrected chi connectivity index (χ4v) is 4.98. The van der Waals surface area contributed by atoms with E-state index in [4.69, 9.17) is 0 Å². The third-order valence-electron chi connectivity index (χ3n) is 4.70. The summed E-state index contributed by atoms with van der Waals surface area (Å²) in [5.41, 5.74) is 0.175. The molecule has 4 atom stereocenters. The van der Waals surface area contributed by atoms with Crippen LogP contribution >= 0.6 is 0 Å². The Balaban J connectivity index is 1.89. The van der Waals surface area contributed by atoms with Crippen LogP contribution in [0.15, 0.2) is 0 Å². The van der Waals surface area contributed by atoms with E-state index in [0.29, 0.717) is 5.41 Å². The summed E-state index contributed by atoms with van der Waals surface area (Å²) in [5, 5.41) is 13.8. The van der Waals surface area contributed by atoms with Crippen LogP contribution in [0.2, 0.25) is 0 Å². The van der Waals surface area contributed by atoms with Crippen molar-refractivity contribution in [2.75, 3.05) is 13.6 Å². The van der Waals surface area contributed by atoms with Gasteiger partial charge in [0.1, 0.15) is 0 Å². The van der Waals surface area contributed by atoms with Gasteiger partial charge in [0.25, 0.3) is 0 Å². The molecule has 4 bridgehead atoms. The van der Waals surface area contributed by atoms with E-state index in [2.05, 4.69) is 5.32 Å². The van der Waals surface area contributed by atoms with Crippen molar-refractivity contribution in [1.29, 1.82) is 0 Å². The first kappa shape index (κ1) is 9.17. The lowest BCUT2D eigenvalue weighted by Gasteiger charge is -2.60. The Labute approximate surface area is 86.1 Å². The molecule has 0 heterocycles. The van der Waals surface area contributed by atoms with Gasteiger partial charge in [-0.15, -0.1) is 0 Å². The van der Waals surface area contributed by atoms with Crippen LogP contribution in [0.25, 0.3) is 0 Å². The zero-order chi connectivity index (χ0) is 9.81. The highest BCUT2D eigenvalue weighted by atomic mass is 16.3. The first-order chi connectivity index (χ1) is 6.63. The lowest BCUT2D eigenvalue weighted by atomic mass is 9.48. The summed E-state index contributed by atoms with van der Waals surface area (Å²) in [6.45, 7) is 1.11. The lowest BCUT2D eigenvalue weighted by Crippen LogP contribution is -2.58. The van der Waals surface area contributed by atoms with Crippen LogP contribution in [0.3, 0.4) is 0 Å². The molecule has 0 aromatic carbocycles. The summed E-state index contributed by atoms with van der Waals surface area (Å²) < 4.78 is 0. The van der Waals surface area contributed by atoms with Gasteiger partial charge in [0, 0.05) is 6.54 Å². The zero-order valence-electron chi connectivity index (χ0n) is 9.05. The maximum absolute atomic E-state index is 10.5. The SMILES string of the molecule is CNCC12C[C@@H]3C[C@@H](CC(O)(C3)C1)C2. The highest BCUT2D eigenvalue weighted by Gasteiger charge is 2.56. The van der Waals surface area contributed by atoms with Crippen molar-refractivity contribution in [2.24, 2.45) is 17.3 Å². The van der Waals surface area contributed by atoms with Gasteiger partial charge in [-0.2, -0.15) is 0 Å². The van der Waals surface area contributed by atoms with Crippen LogP contribution in [0.4, 0.5) is 0 Å². The van der Waals surface area contributed by atoms with Gasteiger partial charge in [0.05, 0.1) is 5.60 Å². The van der Waals surface area contributed by atoms with Crippen molar-refractivity contribution in [2.45, 2.75) is 44.1 Å². The van der Waals surface area contributed by atoms with Gasteiger partial charge in [0.15, 0.2) is 0 Å². The Morgan fingerprint density at radius 2 is 1.86 bits per heavy atom. The van der Waals surface area contributed by atoms with Crippen LogP contribution in [-0.4, -0.2) is 24.3 Å². The van der Waals surface area contributed by atoms with Gasteiger partial charge in [-0.05, 0) is 62.8 Å².